The molecule has 1 saturated heterocycles. The molecule has 0 radical (unpaired) electrons. The highest BCUT2D eigenvalue weighted by Crippen LogP contribution is 2.13. The van der Waals surface area contributed by atoms with Gasteiger partial charge in [-0.05, 0) is 43.0 Å². The molecule has 2 aromatic rings. The van der Waals surface area contributed by atoms with E-state index in [2.05, 4.69) is 10.3 Å². The van der Waals surface area contributed by atoms with Crippen molar-refractivity contribution in [2.75, 3.05) is 13.1 Å². The smallest absolute Gasteiger partial charge is 0.272 e. The molecule has 0 spiro atoms. The normalized spacial score (nSPS) is 13.8. The average molecular weight is 323 g/mol. The quantitative estimate of drug-likeness (QED) is 0.940. The summed E-state index contributed by atoms with van der Waals surface area (Å²) in [6, 6.07) is 11.1. The van der Waals surface area contributed by atoms with Gasteiger partial charge in [-0.15, -0.1) is 0 Å². The Kier molecular flexibility index (Phi) is 4.89. The van der Waals surface area contributed by atoms with Crippen LogP contribution in [0.15, 0.2) is 42.6 Å². The highest BCUT2D eigenvalue weighted by molar-refractivity contribution is 5.98. The minimum Gasteiger partial charge on any atom is -0.348 e. The zero-order valence-electron chi connectivity index (χ0n) is 13.8. The molecule has 3 rings (SSSR count). The molecule has 5 nitrogen and oxygen atoms in total. The molecular weight excluding hydrogens is 302 g/mol. The van der Waals surface area contributed by atoms with Gasteiger partial charge in [0.15, 0.2) is 0 Å². The van der Waals surface area contributed by atoms with E-state index in [1.165, 1.54) is 6.20 Å². The Balaban J connectivity index is 1.68. The van der Waals surface area contributed by atoms with E-state index in [4.69, 9.17) is 0 Å². The van der Waals surface area contributed by atoms with Crippen LogP contribution < -0.4 is 5.32 Å². The van der Waals surface area contributed by atoms with E-state index in [1.54, 1.807) is 17.0 Å². The van der Waals surface area contributed by atoms with Crippen LogP contribution in [-0.4, -0.2) is 34.8 Å². The minimum atomic E-state index is -0.198. The second-order valence-corrected chi connectivity index (χ2v) is 6.04. The number of nitrogens with zero attached hydrogens (tertiary/aromatic N) is 2. The number of nitrogens with one attached hydrogen (secondary N) is 1. The van der Waals surface area contributed by atoms with E-state index < -0.39 is 0 Å². The second kappa shape index (κ2) is 7.25. The molecule has 0 saturated carbocycles. The van der Waals surface area contributed by atoms with Gasteiger partial charge in [-0.3, -0.25) is 14.6 Å². The van der Waals surface area contributed by atoms with Gasteiger partial charge >= 0.3 is 0 Å². The standard InChI is InChI=1S/C19H21N3O2/c1-14-6-2-3-7-16(14)13-21-18(23)15-8-9-20-17(12-15)19(24)22-10-4-5-11-22/h2-3,6-9,12H,4-5,10-11,13H2,1H3,(H,21,23). The molecule has 1 aliphatic heterocycles. The molecule has 0 unspecified atom stereocenters. The van der Waals surface area contributed by atoms with Crippen LogP contribution in [0.3, 0.4) is 0 Å². The summed E-state index contributed by atoms with van der Waals surface area (Å²) >= 11 is 0. The number of hydrogen-bond acceptors (Lipinski definition) is 3. The lowest BCUT2D eigenvalue weighted by Gasteiger charge is -2.14. The van der Waals surface area contributed by atoms with Crippen molar-refractivity contribution in [3.8, 4) is 0 Å². The van der Waals surface area contributed by atoms with Crippen molar-refractivity contribution in [2.24, 2.45) is 0 Å². The number of carbonyl (C=O) groups is 2. The van der Waals surface area contributed by atoms with Gasteiger partial charge in [-0.1, -0.05) is 24.3 Å². The number of carbonyl (C=O) groups excluding carboxylic acids is 2. The van der Waals surface area contributed by atoms with Gasteiger partial charge in [-0.25, -0.2) is 0 Å². The van der Waals surface area contributed by atoms with Gasteiger partial charge in [0.25, 0.3) is 11.8 Å². The summed E-state index contributed by atoms with van der Waals surface area (Å²) in [7, 11) is 0. The summed E-state index contributed by atoms with van der Waals surface area (Å²) < 4.78 is 0. The van der Waals surface area contributed by atoms with Crippen LogP contribution in [0.1, 0.15) is 44.8 Å². The molecule has 0 bridgehead atoms. The topological polar surface area (TPSA) is 62.3 Å². The Morgan fingerprint density at radius 1 is 1.17 bits per heavy atom. The lowest BCUT2D eigenvalue weighted by Crippen LogP contribution is -2.29. The van der Waals surface area contributed by atoms with Crippen molar-refractivity contribution < 1.29 is 9.59 Å². The van der Waals surface area contributed by atoms with Crippen molar-refractivity contribution >= 4 is 11.8 Å². The first kappa shape index (κ1) is 16.2. The van der Waals surface area contributed by atoms with Gasteiger partial charge < -0.3 is 10.2 Å². The van der Waals surface area contributed by atoms with Crippen LogP contribution in [0.4, 0.5) is 0 Å². The average Bonchev–Trinajstić information content (AvgIpc) is 3.15. The molecule has 1 fully saturated rings. The largest absolute Gasteiger partial charge is 0.348 e. The van der Waals surface area contributed by atoms with Gasteiger partial charge in [0, 0.05) is 31.4 Å². The number of pyridine rings is 1. The van der Waals surface area contributed by atoms with Gasteiger partial charge in [-0.2, -0.15) is 0 Å². The first-order chi connectivity index (χ1) is 11.6. The van der Waals surface area contributed by atoms with Crippen molar-refractivity contribution in [1.29, 1.82) is 0 Å². The predicted octanol–water partition coefficient (Wildman–Crippen LogP) is 2.56. The Hall–Kier alpha value is -2.69. The third-order valence-electron chi connectivity index (χ3n) is 4.34. The summed E-state index contributed by atoms with van der Waals surface area (Å²) in [6.07, 6.45) is 3.58. The van der Waals surface area contributed by atoms with E-state index in [0.29, 0.717) is 17.8 Å². The number of hydrogen-bond donors (Lipinski definition) is 1. The van der Waals surface area contributed by atoms with Gasteiger partial charge in [0.2, 0.25) is 0 Å². The SMILES string of the molecule is Cc1ccccc1CNC(=O)c1ccnc(C(=O)N2CCCC2)c1. The molecule has 0 atom stereocenters. The van der Waals surface area contributed by atoms with Crippen LogP contribution in [0, 0.1) is 6.92 Å². The lowest BCUT2D eigenvalue weighted by atomic mass is 10.1. The van der Waals surface area contributed by atoms with E-state index in [9.17, 15) is 9.59 Å². The first-order valence-electron chi connectivity index (χ1n) is 8.23. The zero-order chi connectivity index (χ0) is 16.9. The third-order valence-corrected chi connectivity index (χ3v) is 4.34. The van der Waals surface area contributed by atoms with Crippen LogP contribution in [0.2, 0.25) is 0 Å². The fourth-order valence-corrected chi connectivity index (χ4v) is 2.86. The number of likely N-dealkylation sites (tertiary alicyclic amines) is 1. The summed E-state index contributed by atoms with van der Waals surface area (Å²) in [5.74, 6) is -0.294. The Morgan fingerprint density at radius 3 is 2.67 bits per heavy atom. The Bertz CT molecular complexity index is 752. The lowest BCUT2D eigenvalue weighted by molar-refractivity contribution is 0.0787. The van der Waals surface area contributed by atoms with E-state index in [-0.39, 0.29) is 11.8 Å². The first-order valence-corrected chi connectivity index (χ1v) is 8.23. The van der Waals surface area contributed by atoms with Crippen LogP contribution in [0.25, 0.3) is 0 Å². The number of rotatable bonds is 4. The maximum Gasteiger partial charge on any atom is 0.272 e. The number of amides is 2. The predicted molar refractivity (Wildman–Crippen MR) is 91.7 cm³/mol. The summed E-state index contributed by atoms with van der Waals surface area (Å²) in [5, 5.41) is 2.90. The fourth-order valence-electron chi connectivity index (χ4n) is 2.86. The summed E-state index contributed by atoms with van der Waals surface area (Å²) in [6.45, 7) is 4.01. The van der Waals surface area contributed by atoms with E-state index in [1.807, 2.05) is 31.2 Å². The van der Waals surface area contributed by atoms with Crippen molar-refractivity contribution in [3.63, 3.8) is 0 Å². The Morgan fingerprint density at radius 2 is 1.92 bits per heavy atom. The second-order valence-electron chi connectivity index (χ2n) is 6.04. The number of aromatic nitrogens is 1. The molecule has 1 aromatic heterocycles. The fraction of sp³-hybridized carbons (Fsp3) is 0.316. The molecule has 5 heteroatoms. The molecule has 2 heterocycles. The molecule has 1 N–H and O–H groups in total. The zero-order valence-corrected chi connectivity index (χ0v) is 13.8. The van der Waals surface area contributed by atoms with Crippen molar-refractivity contribution in [2.45, 2.75) is 26.3 Å². The molecule has 24 heavy (non-hydrogen) atoms. The maximum absolute atomic E-state index is 12.4. The highest BCUT2D eigenvalue weighted by Gasteiger charge is 2.21. The van der Waals surface area contributed by atoms with E-state index in [0.717, 1.165) is 37.1 Å². The minimum absolute atomic E-state index is 0.0962. The van der Waals surface area contributed by atoms with Gasteiger partial charge in [0.05, 0.1) is 0 Å². The van der Waals surface area contributed by atoms with Crippen LogP contribution >= 0.6 is 0 Å². The van der Waals surface area contributed by atoms with Crippen LogP contribution in [-0.2, 0) is 6.54 Å². The molecular formula is C19H21N3O2. The van der Waals surface area contributed by atoms with E-state index >= 15 is 0 Å². The Labute approximate surface area is 141 Å². The van der Waals surface area contributed by atoms with Gasteiger partial charge in [0.1, 0.15) is 5.69 Å². The van der Waals surface area contributed by atoms with Crippen molar-refractivity contribution in [3.05, 3.63) is 65.0 Å². The maximum atomic E-state index is 12.4. The number of benzene rings is 1. The number of aryl methyl sites for hydroxylation is 1. The van der Waals surface area contributed by atoms with Crippen molar-refractivity contribution in [1.82, 2.24) is 15.2 Å². The molecule has 0 aliphatic carbocycles. The molecule has 1 aliphatic rings. The molecule has 124 valence electrons. The van der Waals surface area contributed by atoms with Crippen LogP contribution in [0.5, 0.6) is 0 Å². The summed E-state index contributed by atoms with van der Waals surface area (Å²) in [4.78, 5) is 30.7. The summed E-state index contributed by atoms with van der Waals surface area (Å²) in [5.41, 5.74) is 3.01. The molecule has 1 aromatic carbocycles. The third kappa shape index (κ3) is 3.62. The monoisotopic (exact) mass is 323 g/mol. The highest BCUT2D eigenvalue weighted by atomic mass is 16.2. The molecule has 2 amide bonds.